The average molecular weight is 393 g/mol. The lowest BCUT2D eigenvalue weighted by Crippen LogP contribution is -2.34. The third kappa shape index (κ3) is 5.89. The zero-order valence-electron chi connectivity index (χ0n) is 17.0. The standard InChI is InChI=1S/C22H28N6O/c1-3-11-28(12-4-2)15-21(29)25-18-6-8-19(9-7-18)26-22-24-14-16-13-17(23)5-10-20(16)27-22/h5-10,13-14H,3-4,11-12,15,23H2,1-2H3,(H,25,29)(H,24,26,27). The molecule has 1 heterocycles. The number of aromatic nitrogens is 2. The van der Waals surface area contributed by atoms with Gasteiger partial charge < -0.3 is 16.4 Å². The first-order chi connectivity index (χ1) is 14.1. The van der Waals surface area contributed by atoms with E-state index in [4.69, 9.17) is 5.73 Å². The lowest BCUT2D eigenvalue weighted by molar-refractivity contribution is -0.117. The molecular formula is C22H28N6O. The van der Waals surface area contributed by atoms with Crippen LogP contribution in [0.15, 0.2) is 48.7 Å². The maximum atomic E-state index is 12.3. The van der Waals surface area contributed by atoms with E-state index in [-0.39, 0.29) is 5.91 Å². The van der Waals surface area contributed by atoms with E-state index in [2.05, 4.69) is 39.3 Å². The zero-order chi connectivity index (χ0) is 20.6. The first kappa shape index (κ1) is 20.5. The number of nitrogen functional groups attached to an aromatic ring is 1. The number of benzene rings is 2. The Morgan fingerprint density at radius 2 is 1.72 bits per heavy atom. The minimum absolute atomic E-state index is 0.00439. The monoisotopic (exact) mass is 392 g/mol. The molecular weight excluding hydrogens is 364 g/mol. The Bertz CT molecular complexity index is 951. The number of hydrogen-bond donors (Lipinski definition) is 3. The van der Waals surface area contributed by atoms with Crippen molar-refractivity contribution >= 4 is 39.8 Å². The van der Waals surface area contributed by atoms with Gasteiger partial charge in [-0.3, -0.25) is 9.69 Å². The Labute approximate surface area is 171 Å². The van der Waals surface area contributed by atoms with Crippen LogP contribution < -0.4 is 16.4 Å². The second-order valence-corrected chi connectivity index (χ2v) is 7.04. The molecule has 0 fully saturated rings. The van der Waals surface area contributed by atoms with Crippen molar-refractivity contribution in [2.24, 2.45) is 0 Å². The maximum Gasteiger partial charge on any atom is 0.238 e. The van der Waals surface area contributed by atoms with E-state index in [1.54, 1.807) is 6.20 Å². The van der Waals surface area contributed by atoms with Crippen LogP contribution in [0, 0.1) is 0 Å². The average Bonchev–Trinajstić information content (AvgIpc) is 2.70. The number of hydrogen-bond acceptors (Lipinski definition) is 6. The van der Waals surface area contributed by atoms with Gasteiger partial charge in [0, 0.05) is 28.6 Å². The van der Waals surface area contributed by atoms with E-state index < -0.39 is 0 Å². The number of fused-ring (bicyclic) bond motifs is 1. The number of nitrogens with one attached hydrogen (secondary N) is 2. The lowest BCUT2D eigenvalue weighted by Gasteiger charge is -2.20. The van der Waals surface area contributed by atoms with Crippen molar-refractivity contribution in [1.82, 2.24) is 14.9 Å². The summed E-state index contributed by atoms with van der Waals surface area (Å²) in [6.45, 7) is 6.53. The van der Waals surface area contributed by atoms with Crippen LogP contribution in [0.5, 0.6) is 0 Å². The van der Waals surface area contributed by atoms with Crippen molar-refractivity contribution in [2.75, 3.05) is 36.0 Å². The molecule has 3 aromatic rings. The van der Waals surface area contributed by atoms with Crippen LogP contribution in [0.1, 0.15) is 26.7 Å². The summed E-state index contributed by atoms with van der Waals surface area (Å²) in [4.78, 5) is 23.3. The molecule has 1 amide bonds. The van der Waals surface area contributed by atoms with Crippen LogP contribution in [0.2, 0.25) is 0 Å². The number of nitrogens with zero attached hydrogens (tertiary/aromatic N) is 3. The normalized spacial score (nSPS) is 11.0. The van der Waals surface area contributed by atoms with Crippen LogP contribution in [0.3, 0.4) is 0 Å². The fraction of sp³-hybridized carbons (Fsp3) is 0.318. The van der Waals surface area contributed by atoms with Crippen molar-refractivity contribution in [3.05, 3.63) is 48.7 Å². The molecule has 0 spiro atoms. The number of carbonyl (C=O) groups excluding carboxylic acids is 1. The molecule has 29 heavy (non-hydrogen) atoms. The van der Waals surface area contributed by atoms with Gasteiger partial charge in [0.05, 0.1) is 12.1 Å². The van der Waals surface area contributed by atoms with Gasteiger partial charge in [-0.05, 0) is 68.4 Å². The molecule has 1 aromatic heterocycles. The third-order valence-electron chi connectivity index (χ3n) is 4.48. The second kappa shape index (κ2) is 9.84. The van der Waals surface area contributed by atoms with Crippen molar-refractivity contribution in [1.29, 1.82) is 0 Å². The molecule has 7 nitrogen and oxygen atoms in total. The van der Waals surface area contributed by atoms with Gasteiger partial charge in [0.1, 0.15) is 0 Å². The Balaban J connectivity index is 1.60. The van der Waals surface area contributed by atoms with E-state index in [1.165, 1.54) is 0 Å². The molecule has 4 N–H and O–H groups in total. The Morgan fingerprint density at radius 3 is 2.41 bits per heavy atom. The van der Waals surface area contributed by atoms with Crippen LogP contribution in [0.25, 0.3) is 10.9 Å². The molecule has 0 saturated heterocycles. The molecule has 0 radical (unpaired) electrons. The second-order valence-electron chi connectivity index (χ2n) is 7.04. The Morgan fingerprint density at radius 1 is 1.03 bits per heavy atom. The van der Waals surface area contributed by atoms with Gasteiger partial charge in [0.25, 0.3) is 0 Å². The van der Waals surface area contributed by atoms with Crippen molar-refractivity contribution in [3.63, 3.8) is 0 Å². The van der Waals surface area contributed by atoms with Crippen LogP contribution in [-0.2, 0) is 4.79 Å². The van der Waals surface area contributed by atoms with E-state index >= 15 is 0 Å². The van der Waals surface area contributed by atoms with E-state index in [0.29, 0.717) is 18.2 Å². The number of amides is 1. The maximum absolute atomic E-state index is 12.3. The van der Waals surface area contributed by atoms with Gasteiger partial charge in [-0.1, -0.05) is 13.8 Å². The number of rotatable bonds is 9. The van der Waals surface area contributed by atoms with Gasteiger partial charge in [0.2, 0.25) is 11.9 Å². The van der Waals surface area contributed by atoms with E-state index in [1.807, 2.05) is 42.5 Å². The number of carbonyl (C=O) groups is 1. The van der Waals surface area contributed by atoms with Gasteiger partial charge in [-0.2, -0.15) is 0 Å². The first-order valence-electron chi connectivity index (χ1n) is 9.99. The van der Waals surface area contributed by atoms with Gasteiger partial charge in [-0.25, -0.2) is 9.97 Å². The molecule has 0 aliphatic carbocycles. The summed E-state index contributed by atoms with van der Waals surface area (Å²) < 4.78 is 0. The molecule has 2 aromatic carbocycles. The molecule has 0 atom stereocenters. The zero-order valence-corrected chi connectivity index (χ0v) is 17.0. The molecule has 3 rings (SSSR count). The summed E-state index contributed by atoms with van der Waals surface area (Å²) in [6, 6.07) is 13.1. The van der Waals surface area contributed by atoms with Crippen molar-refractivity contribution < 1.29 is 4.79 Å². The summed E-state index contributed by atoms with van der Waals surface area (Å²) >= 11 is 0. The van der Waals surface area contributed by atoms with Crippen LogP contribution in [0.4, 0.5) is 23.0 Å². The highest BCUT2D eigenvalue weighted by Crippen LogP contribution is 2.20. The van der Waals surface area contributed by atoms with Gasteiger partial charge >= 0.3 is 0 Å². The minimum Gasteiger partial charge on any atom is -0.399 e. The predicted octanol–water partition coefficient (Wildman–Crippen LogP) is 4.02. The van der Waals surface area contributed by atoms with E-state index in [0.717, 1.165) is 48.2 Å². The fourth-order valence-corrected chi connectivity index (χ4v) is 3.18. The molecule has 0 bridgehead atoms. The Hall–Kier alpha value is -3.19. The third-order valence-corrected chi connectivity index (χ3v) is 4.48. The smallest absolute Gasteiger partial charge is 0.238 e. The first-order valence-corrected chi connectivity index (χ1v) is 9.99. The summed E-state index contributed by atoms with van der Waals surface area (Å²) in [5.41, 5.74) is 8.91. The van der Waals surface area contributed by atoms with Gasteiger partial charge in [0.15, 0.2) is 0 Å². The summed E-state index contributed by atoms with van der Waals surface area (Å²) in [5, 5.41) is 7.04. The highest BCUT2D eigenvalue weighted by molar-refractivity contribution is 5.92. The van der Waals surface area contributed by atoms with Crippen LogP contribution >= 0.6 is 0 Å². The quantitative estimate of drug-likeness (QED) is 0.476. The molecule has 0 saturated carbocycles. The molecule has 0 unspecified atom stereocenters. The number of anilines is 4. The highest BCUT2D eigenvalue weighted by atomic mass is 16.2. The molecule has 0 aliphatic rings. The summed E-state index contributed by atoms with van der Waals surface area (Å²) in [6.07, 6.45) is 3.82. The largest absolute Gasteiger partial charge is 0.399 e. The molecule has 7 heteroatoms. The van der Waals surface area contributed by atoms with E-state index in [9.17, 15) is 4.79 Å². The number of nitrogens with two attached hydrogens (primary N) is 1. The highest BCUT2D eigenvalue weighted by Gasteiger charge is 2.09. The summed E-state index contributed by atoms with van der Waals surface area (Å²) in [7, 11) is 0. The minimum atomic E-state index is 0.00439. The van der Waals surface area contributed by atoms with Crippen molar-refractivity contribution in [2.45, 2.75) is 26.7 Å². The Kier molecular flexibility index (Phi) is 6.97. The summed E-state index contributed by atoms with van der Waals surface area (Å²) in [5.74, 6) is 0.513. The van der Waals surface area contributed by atoms with Crippen LogP contribution in [-0.4, -0.2) is 40.4 Å². The fourth-order valence-electron chi connectivity index (χ4n) is 3.18. The lowest BCUT2D eigenvalue weighted by atomic mass is 10.2. The molecule has 0 aliphatic heterocycles. The topological polar surface area (TPSA) is 96.2 Å². The predicted molar refractivity (Wildman–Crippen MR) is 119 cm³/mol. The van der Waals surface area contributed by atoms with Crippen molar-refractivity contribution in [3.8, 4) is 0 Å². The SMILES string of the molecule is CCCN(CCC)CC(=O)Nc1ccc(Nc2ncc3cc(N)ccc3n2)cc1. The molecule has 152 valence electrons. The van der Waals surface area contributed by atoms with Gasteiger partial charge in [-0.15, -0.1) is 0 Å².